The maximum Gasteiger partial charge on any atom is 0.326 e. The highest BCUT2D eigenvalue weighted by molar-refractivity contribution is 5.95. The second kappa shape index (κ2) is 5.68. The normalized spacial score (nSPS) is 14.4. The smallest absolute Gasteiger partial charge is 0.326 e. The fourth-order valence-corrected chi connectivity index (χ4v) is 1.29. The standard InChI is InChI=1S/C12H21NO3/c1-6-7-8(2)10(14)13-9(11(15)16)12(3,4)5/h7,9H,6H2,1-5H3,(H,13,14)(H,15,16)/b8-7+. The molecule has 0 aliphatic heterocycles. The van der Waals surface area contributed by atoms with Gasteiger partial charge in [-0.2, -0.15) is 0 Å². The average Bonchev–Trinajstić information content (AvgIpc) is 2.11. The molecule has 0 rings (SSSR count). The first-order valence-electron chi connectivity index (χ1n) is 5.40. The molecule has 0 fully saturated rings. The summed E-state index contributed by atoms with van der Waals surface area (Å²) in [6, 6.07) is -0.875. The summed E-state index contributed by atoms with van der Waals surface area (Å²) in [4.78, 5) is 22.7. The van der Waals surface area contributed by atoms with E-state index >= 15 is 0 Å². The first-order valence-corrected chi connectivity index (χ1v) is 5.40. The molecule has 2 N–H and O–H groups in total. The number of allylic oxidation sites excluding steroid dienone is 1. The lowest BCUT2D eigenvalue weighted by molar-refractivity contribution is -0.144. The molecule has 4 nitrogen and oxygen atoms in total. The van der Waals surface area contributed by atoms with Crippen molar-refractivity contribution in [3.8, 4) is 0 Å². The maximum atomic E-state index is 11.7. The van der Waals surface area contributed by atoms with E-state index in [0.29, 0.717) is 5.57 Å². The number of carbonyl (C=O) groups excluding carboxylic acids is 1. The third-order valence-corrected chi connectivity index (χ3v) is 2.26. The Labute approximate surface area is 96.7 Å². The number of carboxylic acid groups (broad SMARTS) is 1. The van der Waals surface area contributed by atoms with E-state index in [1.807, 2.05) is 6.92 Å². The van der Waals surface area contributed by atoms with Gasteiger partial charge in [0.2, 0.25) is 5.91 Å². The second-order valence-electron chi connectivity index (χ2n) is 4.91. The Balaban J connectivity index is 4.73. The van der Waals surface area contributed by atoms with Crippen molar-refractivity contribution in [1.29, 1.82) is 0 Å². The third-order valence-electron chi connectivity index (χ3n) is 2.26. The molecule has 0 aromatic carbocycles. The molecule has 16 heavy (non-hydrogen) atoms. The van der Waals surface area contributed by atoms with Crippen molar-refractivity contribution in [2.75, 3.05) is 0 Å². The van der Waals surface area contributed by atoms with Gasteiger partial charge in [0.15, 0.2) is 0 Å². The van der Waals surface area contributed by atoms with Crippen molar-refractivity contribution in [2.24, 2.45) is 5.41 Å². The Kier molecular flexibility index (Phi) is 5.21. The van der Waals surface area contributed by atoms with Crippen molar-refractivity contribution >= 4 is 11.9 Å². The van der Waals surface area contributed by atoms with Crippen molar-refractivity contribution in [2.45, 2.75) is 47.1 Å². The summed E-state index contributed by atoms with van der Waals surface area (Å²) in [7, 11) is 0. The molecule has 0 aliphatic carbocycles. The molecule has 4 heteroatoms. The largest absolute Gasteiger partial charge is 0.480 e. The number of hydrogen-bond donors (Lipinski definition) is 2. The van der Waals surface area contributed by atoms with Crippen molar-refractivity contribution in [3.63, 3.8) is 0 Å². The summed E-state index contributed by atoms with van der Waals surface area (Å²) in [5.74, 6) is -1.32. The van der Waals surface area contributed by atoms with E-state index in [2.05, 4.69) is 5.32 Å². The van der Waals surface area contributed by atoms with Gasteiger partial charge in [-0.05, 0) is 18.8 Å². The van der Waals surface area contributed by atoms with E-state index in [9.17, 15) is 9.59 Å². The lowest BCUT2D eigenvalue weighted by Gasteiger charge is -2.27. The van der Waals surface area contributed by atoms with Gasteiger partial charge in [0.1, 0.15) is 6.04 Å². The minimum atomic E-state index is -1.01. The summed E-state index contributed by atoms with van der Waals surface area (Å²) in [6.07, 6.45) is 2.53. The molecule has 0 spiro atoms. The Morgan fingerprint density at radius 1 is 1.38 bits per heavy atom. The van der Waals surface area contributed by atoms with Gasteiger partial charge in [-0.3, -0.25) is 4.79 Å². The predicted molar refractivity (Wildman–Crippen MR) is 63.1 cm³/mol. The summed E-state index contributed by atoms with van der Waals surface area (Å²) < 4.78 is 0. The molecule has 0 bridgehead atoms. The van der Waals surface area contributed by atoms with E-state index in [1.165, 1.54) is 0 Å². The summed E-state index contributed by atoms with van der Waals surface area (Å²) in [6.45, 7) is 8.95. The molecule has 0 aromatic heterocycles. The molecular formula is C12H21NO3. The molecule has 0 aromatic rings. The van der Waals surface area contributed by atoms with Crippen molar-refractivity contribution in [1.82, 2.24) is 5.32 Å². The molecule has 0 saturated carbocycles. The Bertz CT molecular complexity index is 300. The van der Waals surface area contributed by atoms with Crippen LogP contribution in [0.4, 0.5) is 0 Å². The highest BCUT2D eigenvalue weighted by Crippen LogP contribution is 2.19. The van der Waals surface area contributed by atoms with E-state index < -0.39 is 17.4 Å². The van der Waals surface area contributed by atoms with Crippen LogP contribution < -0.4 is 5.32 Å². The van der Waals surface area contributed by atoms with Crippen LogP contribution in [-0.2, 0) is 9.59 Å². The van der Waals surface area contributed by atoms with Crippen LogP contribution in [0.5, 0.6) is 0 Å². The number of carboxylic acids is 1. The highest BCUT2D eigenvalue weighted by atomic mass is 16.4. The lowest BCUT2D eigenvalue weighted by atomic mass is 9.86. The molecule has 1 amide bonds. The second-order valence-corrected chi connectivity index (χ2v) is 4.91. The number of aliphatic carboxylic acids is 1. The van der Waals surface area contributed by atoms with Gasteiger partial charge in [-0.15, -0.1) is 0 Å². The van der Waals surface area contributed by atoms with Gasteiger partial charge < -0.3 is 10.4 Å². The van der Waals surface area contributed by atoms with Gasteiger partial charge in [0.25, 0.3) is 0 Å². The van der Waals surface area contributed by atoms with Crippen molar-refractivity contribution < 1.29 is 14.7 Å². The van der Waals surface area contributed by atoms with Crippen LogP contribution in [0, 0.1) is 5.41 Å². The van der Waals surface area contributed by atoms with Gasteiger partial charge in [0, 0.05) is 5.57 Å². The molecule has 0 saturated heterocycles. The van der Waals surface area contributed by atoms with Crippen LogP contribution in [0.2, 0.25) is 0 Å². The van der Waals surface area contributed by atoms with Crippen LogP contribution in [0.25, 0.3) is 0 Å². The number of nitrogens with one attached hydrogen (secondary N) is 1. The SMILES string of the molecule is CC/C=C(\C)C(=O)NC(C(=O)O)C(C)(C)C. The zero-order valence-corrected chi connectivity index (χ0v) is 10.6. The van der Waals surface area contributed by atoms with Gasteiger partial charge in [0.05, 0.1) is 0 Å². The first kappa shape index (κ1) is 14.7. The molecular weight excluding hydrogens is 206 g/mol. The molecule has 0 heterocycles. The van der Waals surface area contributed by atoms with Gasteiger partial charge in [-0.25, -0.2) is 4.79 Å². The fraction of sp³-hybridized carbons (Fsp3) is 0.667. The van der Waals surface area contributed by atoms with E-state index in [-0.39, 0.29) is 5.91 Å². The Hall–Kier alpha value is -1.32. The van der Waals surface area contributed by atoms with Crippen LogP contribution in [0.1, 0.15) is 41.0 Å². The first-order chi connectivity index (χ1) is 7.20. The summed E-state index contributed by atoms with van der Waals surface area (Å²) in [5.41, 5.74) is 0.0477. The van der Waals surface area contributed by atoms with E-state index in [4.69, 9.17) is 5.11 Å². The van der Waals surface area contributed by atoms with Crippen LogP contribution in [0.15, 0.2) is 11.6 Å². The lowest BCUT2D eigenvalue weighted by Crippen LogP contribution is -2.49. The maximum absolute atomic E-state index is 11.7. The Morgan fingerprint density at radius 2 is 1.88 bits per heavy atom. The third kappa shape index (κ3) is 4.47. The van der Waals surface area contributed by atoms with E-state index in [1.54, 1.807) is 33.8 Å². The summed E-state index contributed by atoms with van der Waals surface area (Å²) >= 11 is 0. The average molecular weight is 227 g/mol. The number of hydrogen-bond acceptors (Lipinski definition) is 2. The number of amides is 1. The van der Waals surface area contributed by atoms with E-state index in [0.717, 1.165) is 6.42 Å². The highest BCUT2D eigenvalue weighted by Gasteiger charge is 2.32. The molecule has 1 atom stereocenters. The van der Waals surface area contributed by atoms with Gasteiger partial charge in [-0.1, -0.05) is 33.8 Å². The summed E-state index contributed by atoms with van der Waals surface area (Å²) in [5, 5.41) is 11.6. The Morgan fingerprint density at radius 3 is 2.19 bits per heavy atom. The van der Waals surface area contributed by atoms with Crippen LogP contribution in [-0.4, -0.2) is 23.0 Å². The molecule has 1 unspecified atom stereocenters. The fourth-order valence-electron chi connectivity index (χ4n) is 1.29. The minimum absolute atomic E-state index is 0.316. The van der Waals surface area contributed by atoms with Gasteiger partial charge >= 0.3 is 5.97 Å². The molecule has 92 valence electrons. The zero-order valence-electron chi connectivity index (χ0n) is 10.6. The van der Waals surface area contributed by atoms with Crippen molar-refractivity contribution in [3.05, 3.63) is 11.6 Å². The van der Waals surface area contributed by atoms with Crippen LogP contribution >= 0.6 is 0 Å². The quantitative estimate of drug-likeness (QED) is 0.721. The number of rotatable bonds is 4. The zero-order chi connectivity index (χ0) is 12.9. The molecule has 0 radical (unpaired) electrons. The topological polar surface area (TPSA) is 66.4 Å². The number of carbonyl (C=O) groups is 2. The molecule has 0 aliphatic rings. The predicted octanol–water partition coefficient (Wildman–Crippen LogP) is 1.96. The van der Waals surface area contributed by atoms with Crippen LogP contribution in [0.3, 0.4) is 0 Å². The minimum Gasteiger partial charge on any atom is -0.480 e. The monoisotopic (exact) mass is 227 g/mol.